The van der Waals surface area contributed by atoms with Gasteiger partial charge in [0.05, 0.1) is 45.4 Å². The molecule has 0 radical (unpaired) electrons. The highest BCUT2D eigenvalue weighted by atomic mass is 32.2. The van der Waals surface area contributed by atoms with Gasteiger partial charge in [-0.2, -0.15) is 4.31 Å². The molecule has 1 saturated heterocycles. The Labute approximate surface area is 272 Å². The van der Waals surface area contributed by atoms with Crippen LogP contribution in [0, 0.1) is 5.92 Å². The van der Waals surface area contributed by atoms with Gasteiger partial charge in [-0.15, -0.1) is 11.3 Å². The first-order valence-electron chi connectivity index (χ1n) is 15.0. The van der Waals surface area contributed by atoms with Gasteiger partial charge in [0.2, 0.25) is 10.0 Å². The van der Waals surface area contributed by atoms with Gasteiger partial charge in [0.25, 0.3) is 5.91 Å². The largest absolute Gasteiger partial charge is 0.434 e. The maximum atomic E-state index is 13.9. The second-order valence-corrected chi connectivity index (χ2v) is 14.6. The lowest BCUT2D eigenvalue weighted by Gasteiger charge is -2.31. The monoisotopic (exact) mass is 666 g/mol. The normalized spacial score (nSPS) is 17.3. The first kappa shape index (κ1) is 33.5. The van der Waals surface area contributed by atoms with E-state index in [0.29, 0.717) is 16.8 Å². The van der Waals surface area contributed by atoms with Gasteiger partial charge in [-0.05, 0) is 60.7 Å². The van der Waals surface area contributed by atoms with E-state index in [1.165, 1.54) is 26.6 Å². The highest BCUT2D eigenvalue weighted by Crippen LogP contribution is 2.26. The number of sulfonamides is 1. The fraction of sp³-hybridized carbons (Fsp3) is 0.364. The number of cyclic esters (lactones) is 1. The minimum Gasteiger partial charge on any atom is -0.434 e. The molecule has 1 fully saturated rings. The van der Waals surface area contributed by atoms with Gasteiger partial charge in [0.15, 0.2) is 6.10 Å². The lowest BCUT2D eigenvalue weighted by atomic mass is 10.0. The summed E-state index contributed by atoms with van der Waals surface area (Å²) in [6, 6.07) is 19.8. The van der Waals surface area contributed by atoms with Crippen LogP contribution in [0.2, 0.25) is 0 Å². The number of nitrogens with one attached hydrogen (secondary N) is 1. The van der Waals surface area contributed by atoms with Gasteiger partial charge < -0.3 is 20.3 Å². The molecular weight excluding hydrogens is 629 g/mol. The molecule has 244 valence electrons. The molecule has 46 heavy (non-hydrogen) atoms. The maximum Gasteiger partial charge on any atom is 0.415 e. The average Bonchev–Trinajstić information content (AvgIpc) is 3.67. The second kappa shape index (κ2) is 14.3. The number of hydrogen-bond acceptors (Lipinski definition) is 9. The Morgan fingerprint density at radius 1 is 1.07 bits per heavy atom. The first-order valence-corrected chi connectivity index (χ1v) is 17.4. The van der Waals surface area contributed by atoms with Crippen LogP contribution in [0.5, 0.6) is 0 Å². The van der Waals surface area contributed by atoms with Gasteiger partial charge in [-0.25, -0.2) is 18.2 Å². The van der Waals surface area contributed by atoms with Crippen LogP contribution in [0.4, 0.5) is 10.5 Å². The number of nitrogens with zero attached hydrogens (tertiary/aromatic N) is 3. The van der Waals surface area contributed by atoms with Crippen molar-refractivity contribution in [3.05, 3.63) is 89.4 Å². The van der Waals surface area contributed by atoms with Crippen molar-refractivity contribution in [2.24, 2.45) is 5.92 Å². The molecule has 4 aromatic rings. The SMILES string of the molecule is CC(C)CN(C[C@@H](O)[C@H](Cc1ccccc1)NC(=O)[C@@H]1CN(c2ccc(C(C)O)cc2)C(=O)O1)S(=O)(=O)c1ccc2ncsc2c1. The zero-order chi connectivity index (χ0) is 33.0. The molecule has 3 aromatic carbocycles. The third kappa shape index (κ3) is 7.73. The summed E-state index contributed by atoms with van der Waals surface area (Å²) in [6.07, 6.45) is -3.61. The zero-order valence-corrected chi connectivity index (χ0v) is 27.4. The Kier molecular flexibility index (Phi) is 10.4. The van der Waals surface area contributed by atoms with E-state index in [-0.39, 0.29) is 36.9 Å². The predicted octanol–water partition coefficient (Wildman–Crippen LogP) is 4.11. The number of aliphatic hydroxyl groups is 2. The van der Waals surface area contributed by atoms with E-state index in [1.54, 1.807) is 48.8 Å². The molecule has 0 bridgehead atoms. The van der Waals surface area contributed by atoms with Gasteiger partial charge >= 0.3 is 6.09 Å². The molecule has 1 aliphatic heterocycles. The molecule has 2 amide bonds. The van der Waals surface area contributed by atoms with Crippen molar-refractivity contribution in [2.45, 2.75) is 56.4 Å². The number of aromatic nitrogens is 1. The molecular formula is C33H38N4O7S2. The number of fused-ring (bicyclic) bond motifs is 1. The van der Waals surface area contributed by atoms with E-state index in [9.17, 15) is 28.2 Å². The fourth-order valence-electron chi connectivity index (χ4n) is 5.33. The van der Waals surface area contributed by atoms with Crippen LogP contribution in [0.1, 0.15) is 38.0 Å². The van der Waals surface area contributed by atoms with Gasteiger partial charge in [-0.3, -0.25) is 9.69 Å². The standard InChI is InChI=1S/C33H38N4O7S2/c1-21(2)17-36(46(42,43)26-13-14-27-31(16-26)45-20-34-27)18-29(39)28(15-23-7-5-4-6-8-23)35-32(40)30-19-37(33(41)44-30)25-11-9-24(10-12-25)22(3)38/h4-14,16,20-22,28-30,38-39H,15,17-19H2,1-3H3,(H,35,40)/t22?,28-,29+,30-/m0/s1. The van der Waals surface area contributed by atoms with Crippen LogP contribution in [-0.4, -0.2) is 77.8 Å². The Hall–Kier alpha value is -3.88. The van der Waals surface area contributed by atoms with E-state index < -0.39 is 46.4 Å². The van der Waals surface area contributed by atoms with E-state index in [4.69, 9.17) is 4.74 Å². The number of hydrogen-bond donors (Lipinski definition) is 3. The van der Waals surface area contributed by atoms with Crippen LogP contribution < -0.4 is 10.2 Å². The predicted molar refractivity (Wildman–Crippen MR) is 176 cm³/mol. The average molecular weight is 667 g/mol. The molecule has 1 aliphatic rings. The Balaban J connectivity index is 1.35. The minimum absolute atomic E-state index is 0.0465. The number of thiazole rings is 1. The summed E-state index contributed by atoms with van der Waals surface area (Å²) in [7, 11) is -4.02. The summed E-state index contributed by atoms with van der Waals surface area (Å²) in [5.41, 5.74) is 4.37. The molecule has 0 aliphatic carbocycles. The number of rotatable bonds is 13. The molecule has 0 saturated carbocycles. The van der Waals surface area contributed by atoms with Crippen molar-refractivity contribution in [1.82, 2.24) is 14.6 Å². The molecule has 0 spiro atoms. The molecule has 5 rings (SSSR count). The Morgan fingerprint density at radius 2 is 1.78 bits per heavy atom. The van der Waals surface area contributed by atoms with Crippen molar-refractivity contribution in [3.63, 3.8) is 0 Å². The summed E-state index contributed by atoms with van der Waals surface area (Å²) in [5.74, 6) is -0.653. The lowest BCUT2D eigenvalue weighted by Crippen LogP contribution is -2.53. The summed E-state index contributed by atoms with van der Waals surface area (Å²) < 4.78 is 35.2. The number of amides is 2. The minimum atomic E-state index is -4.02. The van der Waals surface area contributed by atoms with Gasteiger partial charge in [0.1, 0.15) is 0 Å². The van der Waals surface area contributed by atoms with Crippen molar-refractivity contribution in [2.75, 3.05) is 24.5 Å². The number of ether oxygens (including phenoxy) is 1. The van der Waals surface area contributed by atoms with E-state index >= 15 is 0 Å². The van der Waals surface area contributed by atoms with Gasteiger partial charge in [-0.1, -0.05) is 56.3 Å². The highest BCUT2D eigenvalue weighted by Gasteiger charge is 2.39. The van der Waals surface area contributed by atoms with Crippen molar-refractivity contribution >= 4 is 49.3 Å². The summed E-state index contributed by atoms with van der Waals surface area (Å²) >= 11 is 1.34. The number of benzene rings is 3. The molecule has 2 heterocycles. The van der Waals surface area contributed by atoms with Crippen LogP contribution >= 0.6 is 11.3 Å². The molecule has 3 N–H and O–H groups in total. The van der Waals surface area contributed by atoms with Crippen LogP contribution in [0.15, 0.2) is 83.2 Å². The quantitative estimate of drug-likeness (QED) is 0.193. The third-order valence-corrected chi connectivity index (χ3v) is 10.4. The van der Waals surface area contributed by atoms with Crippen molar-refractivity contribution in [1.29, 1.82) is 0 Å². The molecule has 11 nitrogen and oxygen atoms in total. The van der Waals surface area contributed by atoms with Crippen molar-refractivity contribution < 1.29 is 33.0 Å². The molecule has 1 unspecified atom stereocenters. The van der Waals surface area contributed by atoms with Crippen molar-refractivity contribution in [3.8, 4) is 0 Å². The van der Waals surface area contributed by atoms with Crippen LogP contribution in [0.25, 0.3) is 10.2 Å². The highest BCUT2D eigenvalue weighted by molar-refractivity contribution is 7.89. The number of aliphatic hydroxyl groups excluding tert-OH is 2. The van der Waals surface area contributed by atoms with E-state index in [1.807, 2.05) is 44.2 Å². The summed E-state index contributed by atoms with van der Waals surface area (Å²) in [5, 5.41) is 24.2. The summed E-state index contributed by atoms with van der Waals surface area (Å²) in [4.78, 5) is 31.9. The first-order chi connectivity index (χ1) is 21.9. The smallest absolute Gasteiger partial charge is 0.415 e. The molecule has 4 atom stereocenters. The Bertz CT molecular complexity index is 1760. The third-order valence-electron chi connectivity index (χ3n) is 7.78. The lowest BCUT2D eigenvalue weighted by molar-refractivity contribution is -0.129. The molecule has 13 heteroatoms. The molecule has 1 aromatic heterocycles. The van der Waals surface area contributed by atoms with Gasteiger partial charge in [0, 0.05) is 18.8 Å². The van der Waals surface area contributed by atoms with Crippen LogP contribution in [0.3, 0.4) is 0 Å². The van der Waals surface area contributed by atoms with E-state index in [2.05, 4.69) is 10.3 Å². The Morgan fingerprint density at radius 3 is 2.46 bits per heavy atom. The number of anilines is 1. The number of carbonyl (C=O) groups is 2. The summed E-state index contributed by atoms with van der Waals surface area (Å²) in [6.45, 7) is 5.24. The zero-order valence-electron chi connectivity index (χ0n) is 25.8. The fourth-order valence-corrected chi connectivity index (χ4v) is 7.77. The topological polar surface area (TPSA) is 149 Å². The maximum absolute atomic E-state index is 13.9. The second-order valence-electron chi connectivity index (χ2n) is 11.8. The number of carbonyl (C=O) groups excluding carboxylic acids is 2. The van der Waals surface area contributed by atoms with E-state index in [0.717, 1.165) is 10.3 Å². The van der Waals surface area contributed by atoms with Crippen LogP contribution in [-0.2, 0) is 26.0 Å².